The first-order valence-corrected chi connectivity index (χ1v) is 14.0. The Bertz CT molecular complexity index is 2200. The molecular formula is C36H25N5O2. The summed E-state index contributed by atoms with van der Waals surface area (Å²) in [5.74, 6) is 0.658. The highest BCUT2D eigenvalue weighted by atomic mass is 16.5. The molecule has 0 saturated carbocycles. The van der Waals surface area contributed by atoms with E-state index in [0.717, 1.165) is 38.8 Å². The van der Waals surface area contributed by atoms with Gasteiger partial charge in [0.15, 0.2) is 0 Å². The molecule has 1 atom stereocenters. The molecule has 2 N–H and O–H groups in total. The predicted molar refractivity (Wildman–Crippen MR) is 165 cm³/mol. The fourth-order valence-corrected chi connectivity index (χ4v) is 6.01. The van der Waals surface area contributed by atoms with Gasteiger partial charge in [-0.15, -0.1) is 0 Å². The summed E-state index contributed by atoms with van der Waals surface area (Å²) < 4.78 is 9.94. The molecule has 7 nitrogen and oxygen atoms in total. The lowest BCUT2D eigenvalue weighted by atomic mass is 9.81. The Labute approximate surface area is 247 Å². The van der Waals surface area contributed by atoms with Gasteiger partial charge in [-0.2, -0.15) is 5.10 Å². The fourth-order valence-electron chi connectivity index (χ4n) is 6.01. The van der Waals surface area contributed by atoms with Crippen molar-refractivity contribution in [2.24, 2.45) is 0 Å². The number of fused-ring (bicyclic) bond motifs is 4. The molecule has 5 aromatic carbocycles. The summed E-state index contributed by atoms with van der Waals surface area (Å²) in [7, 11) is 0. The van der Waals surface area contributed by atoms with Crippen molar-refractivity contribution in [2.75, 3.05) is 0 Å². The highest BCUT2D eigenvalue weighted by Crippen LogP contribution is 2.50. The summed E-state index contributed by atoms with van der Waals surface area (Å²) in [5.41, 5.74) is 5.79. The molecule has 2 aromatic heterocycles. The van der Waals surface area contributed by atoms with E-state index in [4.69, 9.17) is 14.8 Å². The molecule has 1 aliphatic rings. The van der Waals surface area contributed by atoms with Gasteiger partial charge in [0.1, 0.15) is 23.3 Å². The third-order valence-electron chi connectivity index (χ3n) is 7.99. The monoisotopic (exact) mass is 559 g/mol. The van der Waals surface area contributed by atoms with E-state index in [1.165, 1.54) is 6.33 Å². The lowest BCUT2D eigenvalue weighted by molar-refractivity contribution is 0.427. The van der Waals surface area contributed by atoms with E-state index in [0.29, 0.717) is 22.9 Å². The van der Waals surface area contributed by atoms with Crippen molar-refractivity contribution in [2.45, 2.75) is 5.92 Å². The van der Waals surface area contributed by atoms with Crippen LogP contribution in [0.1, 0.15) is 22.6 Å². The number of nitrogens with one attached hydrogen (secondary N) is 1. The summed E-state index contributed by atoms with van der Waals surface area (Å²) >= 11 is 0. The van der Waals surface area contributed by atoms with Gasteiger partial charge >= 0.3 is 0 Å². The van der Waals surface area contributed by atoms with E-state index >= 15 is 0 Å². The van der Waals surface area contributed by atoms with Gasteiger partial charge in [-0.3, -0.25) is 9.98 Å². The average molecular weight is 560 g/mol. The van der Waals surface area contributed by atoms with Crippen molar-refractivity contribution < 1.29 is 9.84 Å². The van der Waals surface area contributed by atoms with Crippen LogP contribution in [0.15, 0.2) is 134 Å². The molecule has 7 aromatic rings. The Kier molecular flexibility index (Phi) is 5.68. The predicted octanol–water partition coefficient (Wildman–Crippen LogP) is 7.35. The molecule has 0 aliphatic carbocycles. The van der Waals surface area contributed by atoms with Crippen LogP contribution < -0.4 is 10.2 Å². The van der Waals surface area contributed by atoms with Crippen LogP contribution in [0.4, 0.5) is 0 Å². The topological polar surface area (TPSA) is 89.0 Å². The number of phenols is 1. The first kappa shape index (κ1) is 24.8. The summed E-state index contributed by atoms with van der Waals surface area (Å²) in [6.45, 7) is 0. The number of hydrogen-bond donors (Lipinski definition) is 2. The molecule has 1 aliphatic heterocycles. The SMILES string of the molecule is N=c1c2c(ncn1-c1ccccc1O)Oc1ccc3ccccc3c1C2c1cn(-c2ccccc2)nc1-c1ccccc1. The quantitative estimate of drug-likeness (QED) is 0.236. The van der Waals surface area contributed by atoms with Gasteiger partial charge in [0.05, 0.1) is 28.6 Å². The molecule has 206 valence electrons. The van der Waals surface area contributed by atoms with E-state index in [2.05, 4.69) is 36.5 Å². The van der Waals surface area contributed by atoms with Crippen LogP contribution in [-0.4, -0.2) is 24.4 Å². The summed E-state index contributed by atoms with van der Waals surface area (Å²) in [5, 5.41) is 27.5. The van der Waals surface area contributed by atoms with Crippen LogP contribution >= 0.6 is 0 Å². The Morgan fingerprint density at radius 1 is 0.744 bits per heavy atom. The second kappa shape index (κ2) is 9.85. The highest BCUT2D eigenvalue weighted by molar-refractivity contribution is 5.90. The van der Waals surface area contributed by atoms with Gasteiger partial charge in [0, 0.05) is 22.9 Å². The van der Waals surface area contributed by atoms with E-state index in [9.17, 15) is 10.5 Å². The second-order valence-electron chi connectivity index (χ2n) is 10.5. The third-order valence-corrected chi connectivity index (χ3v) is 7.99. The minimum absolute atomic E-state index is 0.0590. The average Bonchev–Trinajstić information content (AvgIpc) is 3.50. The number of hydrogen-bond acceptors (Lipinski definition) is 5. The fraction of sp³-hybridized carbons (Fsp3) is 0.0278. The van der Waals surface area contributed by atoms with E-state index in [1.807, 2.05) is 77.5 Å². The Morgan fingerprint density at radius 2 is 1.47 bits per heavy atom. The number of ether oxygens (including phenoxy) is 1. The van der Waals surface area contributed by atoms with Crippen LogP contribution in [-0.2, 0) is 0 Å². The standard InChI is InChI=1S/C36H25N5O2/c37-35-33-32(27-21-41(25-14-5-2-6-15-25)39-34(27)24-12-3-1-4-13-24)31-26-16-8-7-11-23(26)19-20-30(31)43-36(33)38-22-40(35)28-17-9-10-18-29(28)42/h1-22,32,37,42H. The number of aromatic nitrogens is 4. The largest absolute Gasteiger partial charge is 0.506 e. The molecule has 0 amide bonds. The smallest absolute Gasteiger partial charge is 0.228 e. The first-order valence-electron chi connectivity index (χ1n) is 14.0. The zero-order chi connectivity index (χ0) is 28.9. The van der Waals surface area contributed by atoms with Crippen LogP contribution in [0, 0.1) is 5.41 Å². The van der Waals surface area contributed by atoms with Crippen molar-refractivity contribution >= 4 is 10.8 Å². The Morgan fingerprint density at radius 3 is 2.28 bits per heavy atom. The van der Waals surface area contributed by atoms with E-state index < -0.39 is 5.92 Å². The van der Waals surface area contributed by atoms with Gasteiger partial charge in [-0.05, 0) is 41.1 Å². The lowest BCUT2D eigenvalue weighted by Gasteiger charge is -2.29. The molecule has 0 saturated heterocycles. The molecule has 0 bridgehead atoms. The molecule has 0 spiro atoms. The molecule has 0 fully saturated rings. The maximum absolute atomic E-state index is 10.7. The van der Waals surface area contributed by atoms with Crippen LogP contribution in [0.3, 0.4) is 0 Å². The highest BCUT2D eigenvalue weighted by Gasteiger charge is 2.36. The third kappa shape index (κ3) is 4.01. The van der Waals surface area contributed by atoms with Crippen LogP contribution in [0.5, 0.6) is 17.4 Å². The number of nitrogens with zero attached hydrogens (tertiary/aromatic N) is 4. The second-order valence-corrected chi connectivity index (χ2v) is 10.5. The number of phenolic OH excluding ortho intramolecular Hbond substituents is 1. The Hall–Kier alpha value is -5.95. The normalized spacial score (nSPS) is 13.7. The van der Waals surface area contributed by atoms with E-state index in [1.54, 1.807) is 22.8 Å². The number of rotatable bonds is 4. The van der Waals surface area contributed by atoms with Gasteiger partial charge < -0.3 is 9.84 Å². The van der Waals surface area contributed by atoms with Gasteiger partial charge in [-0.1, -0.05) is 91.0 Å². The van der Waals surface area contributed by atoms with Crippen molar-refractivity contribution in [3.8, 4) is 40.0 Å². The van der Waals surface area contributed by atoms with Gasteiger partial charge in [-0.25, -0.2) is 9.67 Å². The van der Waals surface area contributed by atoms with Gasteiger partial charge in [0.25, 0.3) is 0 Å². The van der Waals surface area contributed by atoms with Gasteiger partial charge in [0.2, 0.25) is 5.88 Å². The Balaban J connectivity index is 1.48. The molecule has 3 heterocycles. The molecule has 1 unspecified atom stereocenters. The molecule has 8 rings (SSSR count). The maximum Gasteiger partial charge on any atom is 0.228 e. The number of benzene rings is 5. The lowest BCUT2D eigenvalue weighted by Crippen LogP contribution is -2.29. The van der Waals surface area contributed by atoms with Crippen molar-refractivity contribution in [3.63, 3.8) is 0 Å². The minimum atomic E-state index is -0.448. The summed E-state index contributed by atoms with van der Waals surface area (Å²) in [6.07, 6.45) is 3.59. The van der Waals surface area contributed by atoms with Crippen molar-refractivity contribution in [1.29, 1.82) is 5.41 Å². The summed E-state index contributed by atoms with van der Waals surface area (Å²) in [4.78, 5) is 4.70. The van der Waals surface area contributed by atoms with Crippen LogP contribution in [0.2, 0.25) is 0 Å². The van der Waals surface area contributed by atoms with E-state index in [-0.39, 0.29) is 11.2 Å². The number of para-hydroxylation sites is 3. The van der Waals surface area contributed by atoms with Crippen molar-refractivity contribution in [1.82, 2.24) is 19.3 Å². The van der Waals surface area contributed by atoms with Crippen molar-refractivity contribution in [3.05, 3.63) is 156 Å². The summed E-state index contributed by atoms with van der Waals surface area (Å²) in [6, 6.07) is 39.3. The maximum atomic E-state index is 10.7. The molecular weight excluding hydrogens is 534 g/mol. The molecule has 43 heavy (non-hydrogen) atoms. The molecule has 0 radical (unpaired) electrons. The zero-order valence-corrected chi connectivity index (χ0v) is 22.9. The van der Waals surface area contributed by atoms with Crippen LogP contribution in [0.25, 0.3) is 33.4 Å². The first-order chi connectivity index (χ1) is 21.2. The minimum Gasteiger partial charge on any atom is -0.506 e. The zero-order valence-electron chi connectivity index (χ0n) is 22.9. The molecule has 7 heteroatoms. The number of aromatic hydroxyl groups is 1.